The fourth-order valence-corrected chi connectivity index (χ4v) is 4.75. The van der Waals surface area contributed by atoms with Crippen molar-refractivity contribution in [2.75, 3.05) is 5.32 Å². The third-order valence-electron chi connectivity index (χ3n) is 5.59. The molecule has 0 aliphatic carbocycles. The van der Waals surface area contributed by atoms with E-state index in [-0.39, 0.29) is 5.91 Å². The highest BCUT2D eigenvalue weighted by Crippen LogP contribution is 2.23. The van der Waals surface area contributed by atoms with Crippen LogP contribution in [0.1, 0.15) is 23.9 Å². The predicted molar refractivity (Wildman–Crippen MR) is 165 cm³/mol. The Hall–Kier alpha value is -3.64. The number of carbonyl (C=O) groups excluding carboxylic acids is 1. The topological polar surface area (TPSA) is 93.4 Å². The van der Waals surface area contributed by atoms with Crippen molar-refractivity contribution >= 4 is 52.2 Å². The van der Waals surface area contributed by atoms with Gasteiger partial charge < -0.3 is 14.6 Å². The van der Waals surface area contributed by atoms with Crippen molar-refractivity contribution in [2.24, 2.45) is 5.10 Å². The first-order chi connectivity index (χ1) is 19.0. The Kier molecular flexibility index (Phi) is 10.5. The molecule has 0 fully saturated rings. The molecule has 1 aromatic heterocycles. The molecule has 0 unspecified atom stereocenters. The van der Waals surface area contributed by atoms with Crippen LogP contribution in [-0.2, 0) is 24.5 Å². The molecule has 4 aromatic rings. The number of ether oxygens (including phenoxy) is 1. The van der Waals surface area contributed by atoms with Crippen LogP contribution < -0.4 is 15.5 Å². The number of benzene rings is 3. The number of aromatic nitrogens is 3. The fraction of sp³-hybridized carbons (Fsp3) is 0.172. The van der Waals surface area contributed by atoms with E-state index < -0.39 is 5.25 Å². The van der Waals surface area contributed by atoms with E-state index in [1.165, 1.54) is 15.3 Å². The van der Waals surface area contributed by atoms with Gasteiger partial charge in [0, 0.05) is 21.4 Å². The number of thioether (sulfide) groups is 1. The van der Waals surface area contributed by atoms with Gasteiger partial charge in [-0.2, -0.15) is 5.10 Å². The first-order valence-electron chi connectivity index (χ1n) is 12.3. The third-order valence-corrected chi connectivity index (χ3v) is 7.39. The highest BCUT2D eigenvalue weighted by molar-refractivity contribution is 14.1. The summed E-state index contributed by atoms with van der Waals surface area (Å²) in [5, 5.41) is 16.4. The molecule has 1 atom stereocenters. The van der Waals surface area contributed by atoms with E-state index in [0.29, 0.717) is 30.6 Å². The third kappa shape index (κ3) is 8.42. The Labute approximate surface area is 246 Å². The van der Waals surface area contributed by atoms with Gasteiger partial charge in [0.15, 0.2) is 11.0 Å². The average Bonchev–Trinajstić information content (AvgIpc) is 3.33. The summed E-state index contributed by atoms with van der Waals surface area (Å²) >= 11 is 3.59. The molecule has 4 rings (SSSR count). The Morgan fingerprint density at radius 1 is 1.10 bits per heavy atom. The van der Waals surface area contributed by atoms with E-state index in [1.807, 2.05) is 90.4 Å². The van der Waals surface area contributed by atoms with Gasteiger partial charge in [-0.05, 0) is 71.5 Å². The zero-order valence-electron chi connectivity index (χ0n) is 21.5. The van der Waals surface area contributed by atoms with Crippen molar-refractivity contribution in [2.45, 2.75) is 37.0 Å². The van der Waals surface area contributed by atoms with Crippen molar-refractivity contribution in [1.82, 2.24) is 20.2 Å². The minimum absolute atomic E-state index is 0.245. The monoisotopic (exact) mass is 652 g/mol. The standard InChI is InChI=1S/C29H29IN6O2S/c1-3-17-36-27(19-31-25-15-13-24(30)14-16-25)33-35-29(36)39-21(2)28(37)34-32-18-23-11-7-8-12-26(23)38-20-22-9-5-4-6-10-22/h3-16,18,21,31H,1,17,19-20H2,2H3,(H,34,37)/b32-18+/t21-/m1/s1. The maximum absolute atomic E-state index is 12.8. The lowest BCUT2D eigenvalue weighted by Gasteiger charge is -2.12. The zero-order valence-corrected chi connectivity index (χ0v) is 24.4. The number of para-hydroxylation sites is 1. The van der Waals surface area contributed by atoms with Gasteiger partial charge in [0.1, 0.15) is 12.4 Å². The minimum atomic E-state index is -0.448. The molecule has 3 aromatic carbocycles. The number of allylic oxidation sites excluding steroid dienone is 1. The molecule has 0 saturated heterocycles. The molecule has 0 aliphatic rings. The second-order valence-electron chi connectivity index (χ2n) is 8.46. The molecule has 0 bridgehead atoms. The summed E-state index contributed by atoms with van der Waals surface area (Å²) in [4.78, 5) is 12.8. The minimum Gasteiger partial charge on any atom is -0.488 e. The normalized spacial score (nSPS) is 11.7. The molecule has 8 nitrogen and oxygen atoms in total. The maximum Gasteiger partial charge on any atom is 0.253 e. The second kappa shape index (κ2) is 14.5. The quantitative estimate of drug-likeness (QED) is 0.0616. The van der Waals surface area contributed by atoms with Crippen molar-refractivity contribution < 1.29 is 9.53 Å². The van der Waals surface area contributed by atoms with Crippen LogP contribution in [-0.4, -0.2) is 32.1 Å². The Morgan fingerprint density at radius 3 is 2.62 bits per heavy atom. The van der Waals surface area contributed by atoms with E-state index in [1.54, 1.807) is 12.3 Å². The van der Waals surface area contributed by atoms with Crippen LogP contribution in [0.5, 0.6) is 5.75 Å². The summed E-state index contributed by atoms with van der Waals surface area (Å²) < 4.78 is 9.08. The van der Waals surface area contributed by atoms with E-state index in [0.717, 1.165) is 22.6 Å². The van der Waals surface area contributed by atoms with Crippen LogP contribution in [0.4, 0.5) is 5.69 Å². The van der Waals surface area contributed by atoms with Gasteiger partial charge in [-0.25, -0.2) is 5.43 Å². The lowest BCUT2D eigenvalue weighted by Crippen LogP contribution is -2.27. The lowest BCUT2D eigenvalue weighted by atomic mass is 10.2. The van der Waals surface area contributed by atoms with E-state index in [4.69, 9.17) is 4.74 Å². The molecular formula is C29H29IN6O2S. The number of hydrogen-bond donors (Lipinski definition) is 2. The molecular weight excluding hydrogens is 623 g/mol. The van der Waals surface area contributed by atoms with Crippen LogP contribution >= 0.6 is 34.4 Å². The second-order valence-corrected chi connectivity index (χ2v) is 11.0. The SMILES string of the molecule is C=CCn1c(CNc2ccc(I)cc2)nnc1S[C@H](C)C(=O)N/N=C/c1ccccc1OCc1ccccc1. The Balaban J connectivity index is 1.33. The molecule has 200 valence electrons. The highest BCUT2D eigenvalue weighted by Gasteiger charge is 2.19. The van der Waals surface area contributed by atoms with Gasteiger partial charge in [0.25, 0.3) is 5.91 Å². The molecule has 0 radical (unpaired) electrons. The van der Waals surface area contributed by atoms with Crippen molar-refractivity contribution in [3.63, 3.8) is 0 Å². The van der Waals surface area contributed by atoms with Crippen molar-refractivity contribution in [1.29, 1.82) is 0 Å². The van der Waals surface area contributed by atoms with Gasteiger partial charge in [-0.15, -0.1) is 16.8 Å². The predicted octanol–water partition coefficient (Wildman–Crippen LogP) is 5.89. The fourth-order valence-electron chi connectivity index (χ4n) is 3.52. The van der Waals surface area contributed by atoms with Crippen LogP contribution in [0.15, 0.2) is 102 Å². The van der Waals surface area contributed by atoms with Crippen molar-refractivity contribution in [3.8, 4) is 5.75 Å². The molecule has 39 heavy (non-hydrogen) atoms. The summed E-state index contributed by atoms with van der Waals surface area (Å²) in [6.45, 7) is 7.14. The maximum atomic E-state index is 12.8. The Bertz CT molecular complexity index is 1410. The van der Waals surface area contributed by atoms with Gasteiger partial charge in [0.05, 0.1) is 18.0 Å². The summed E-state index contributed by atoms with van der Waals surface area (Å²) in [7, 11) is 0. The first-order valence-corrected chi connectivity index (χ1v) is 14.3. The molecule has 0 spiro atoms. The summed E-state index contributed by atoms with van der Waals surface area (Å²) in [6.07, 6.45) is 3.37. The summed E-state index contributed by atoms with van der Waals surface area (Å²) in [5.74, 6) is 1.20. The van der Waals surface area contributed by atoms with E-state index >= 15 is 0 Å². The lowest BCUT2D eigenvalue weighted by molar-refractivity contribution is -0.120. The number of hydrogen-bond acceptors (Lipinski definition) is 7. The van der Waals surface area contributed by atoms with Crippen LogP contribution in [0.25, 0.3) is 0 Å². The molecule has 0 saturated carbocycles. The number of halogens is 1. The number of nitrogens with zero attached hydrogens (tertiary/aromatic N) is 4. The number of anilines is 1. The van der Waals surface area contributed by atoms with Gasteiger partial charge in [0.2, 0.25) is 0 Å². The largest absolute Gasteiger partial charge is 0.488 e. The Morgan fingerprint density at radius 2 is 1.85 bits per heavy atom. The van der Waals surface area contributed by atoms with Gasteiger partial charge in [-0.3, -0.25) is 4.79 Å². The smallest absolute Gasteiger partial charge is 0.253 e. The zero-order chi connectivity index (χ0) is 27.5. The average molecular weight is 653 g/mol. The molecule has 10 heteroatoms. The van der Waals surface area contributed by atoms with E-state index in [2.05, 4.69) is 55.2 Å². The van der Waals surface area contributed by atoms with Gasteiger partial charge >= 0.3 is 0 Å². The first kappa shape index (κ1) is 28.4. The van der Waals surface area contributed by atoms with Gasteiger partial charge in [-0.1, -0.05) is 60.3 Å². The summed E-state index contributed by atoms with van der Waals surface area (Å²) in [6, 6.07) is 25.6. The molecule has 0 aliphatic heterocycles. The van der Waals surface area contributed by atoms with Crippen LogP contribution in [0.3, 0.4) is 0 Å². The molecule has 1 amide bonds. The number of rotatable bonds is 13. The van der Waals surface area contributed by atoms with Crippen LogP contribution in [0, 0.1) is 3.57 Å². The van der Waals surface area contributed by atoms with Crippen LogP contribution in [0.2, 0.25) is 0 Å². The number of amides is 1. The number of nitrogens with one attached hydrogen (secondary N) is 2. The number of hydrazone groups is 1. The van der Waals surface area contributed by atoms with Crippen molar-refractivity contribution in [3.05, 3.63) is 112 Å². The van der Waals surface area contributed by atoms with E-state index in [9.17, 15) is 4.79 Å². The molecule has 1 heterocycles. The molecule has 2 N–H and O–H groups in total. The highest BCUT2D eigenvalue weighted by atomic mass is 127. The summed E-state index contributed by atoms with van der Waals surface area (Å²) in [5.41, 5.74) is 5.46. The number of carbonyl (C=O) groups is 1.